The van der Waals surface area contributed by atoms with Crippen LogP contribution in [0.15, 0.2) is 0 Å². The Hall–Kier alpha value is -0.00312. The van der Waals surface area contributed by atoms with Crippen molar-refractivity contribution >= 4 is 18.5 Å². The van der Waals surface area contributed by atoms with Gasteiger partial charge in [0.25, 0.3) is 0 Å². The van der Waals surface area contributed by atoms with Crippen LogP contribution in [0, 0.1) is 11.3 Å². The molecule has 12 heavy (non-hydrogen) atoms. The molecule has 0 aliphatic rings. The van der Waals surface area contributed by atoms with Crippen molar-refractivity contribution < 1.29 is 0 Å². The molecule has 0 saturated carbocycles. The van der Waals surface area contributed by atoms with Gasteiger partial charge < -0.3 is 0 Å². The fraction of sp³-hybridized carbons (Fsp3) is 0.889. The van der Waals surface area contributed by atoms with Crippen molar-refractivity contribution in [2.45, 2.75) is 51.2 Å². The first-order valence-corrected chi connectivity index (χ1v) is 8.84. The van der Waals surface area contributed by atoms with Crippen LogP contribution < -0.4 is 0 Å². The van der Waals surface area contributed by atoms with Gasteiger partial charge in [0, 0.05) is 6.42 Å². The van der Waals surface area contributed by atoms with Crippen molar-refractivity contribution in [1.82, 2.24) is 0 Å². The lowest BCUT2D eigenvalue weighted by Gasteiger charge is -2.11. The van der Waals surface area contributed by atoms with Crippen LogP contribution in [0.5, 0.6) is 0 Å². The molecule has 0 aromatic carbocycles. The number of unbranched alkanes of at least 4 members (excludes halogenated alkanes) is 4. The number of hydrogen-bond acceptors (Lipinski definition) is 1. The van der Waals surface area contributed by atoms with E-state index < -0.39 is 7.38 Å². The van der Waals surface area contributed by atoms with Gasteiger partial charge in [0.2, 0.25) is 0 Å². The summed E-state index contributed by atoms with van der Waals surface area (Å²) in [5.41, 5.74) is 0. The molecule has 3 heteroatoms. The molecule has 0 aliphatic carbocycles. The summed E-state index contributed by atoms with van der Waals surface area (Å²) < 4.78 is 0. The molecule has 0 bridgehead atoms. The van der Waals surface area contributed by atoms with Crippen LogP contribution in [0.3, 0.4) is 0 Å². The Morgan fingerprint density at radius 2 is 1.75 bits per heavy atom. The maximum absolute atomic E-state index is 8.29. The highest BCUT2D eigenvalue weighted by molar-refractivity contribution is 7.19. The third-order valence-electron chi connectivity index (χ3n) is 1.81. The molecule has 0 atom stereocenters. The monoisotopic (exact) mass is 203 g/mol. The van der Waals surface area contributed by atoms with Crippen molar-refractivity contribution in [3.63, 3.8) is 0 Å². The molecule has 0 aromatic rings. The molecule has 0 aliphatic heterocycles. The van der Waals surface area contributed by atoms with Crippen molar-refractivity contribution in [2.24, 2.45) is 0 Å². The normalized spacial score (nSPS) is 11.2. The lowest BCUT2D eigenvalue weighted by molar-refractivity contribution is 0.674. The van der Waals surface area contributed by atoms with Crippen molar-refractivity contribution in [1.29, 1.82) is 5.26 Å². The second-order valence-corrected chi connectivity index (χ2v) is 10.8. The van der Waals surface area contributed by atoms with Gasteiger partial charge in [-0.3, -0.25) is 0 Å². The molecule has 0 fully saturated rings. The van der Waals surface area contributed by atoms with Crippen LogP contribution in [-0.4, -0.2) is 7.38 Å². The van der Waals surface area contributed by atoms with Crippen LogP contribution in [-0.2, 0) is 0 Å². The van der Waals surface area contributed by atoms with Crippen LogP contribution in [0.4, 0.5) is 0 Å². The molecule has 0 aromatic heterocycles. The predicted molar refractivity (Wildman–Crippen MR) is 56.8 cm³/mol. The fourth-order valence-corrected chi connectivity index (χ4v) is 2.59. The SMILES string of the molecule is C[Si](C)(Cl)CCCCCCC#N. The summed E-state index contributed by atoms with van der Waals surface area (Å²) in [6.45, 7) is 4.37. The average Bonchev–Trinajstić information content (AvgIpc) is 1.94. The molecule has 0 N–H and O–H groups in total. The van der Waals surface area contributed by atoms with Gasteiger partial charge in [-0.2, -0.15) is 16.3 Å². The number of hydrogen-bond donors (Lipinski definition) is 0. The quantitative estimate of drug-likeness (QED) is 0.365. The Bertz CT molecular complexity index is 146. The van der Waals surface area contributed by atoms with Gasteiger partial charge in [-0.15, -0.1) is 0 Å². The summed E-state index contributed by atoms with van der Waals surface area (Å²) in [5.74, 6) is 0. The zero-order valence-corrected chi connectivity index (χ0v) is 9.82. The number of nitrogens with zero attached hydrogens (tertiary/aromatic N) is 1. The molecule has 0 unspecified atom stereocenters. The van der Waals surface area contributed by atoms with Crippen LogP contribution >= 0.6 is 11.1 Å². The summed E-state index contributed by atoms with van der Waals surface area (Å²) in [6, 6.07) is 3.37. The minimum atomic E-state index is -1.32. The Kier molecular flexibility index (Phi) is 6.50. The standard InChI is InChI=1S/C9H18ClNSi/c1-12(2,10)9-7-5-3-4-6-8-11/h3-7,9H2,1-2H3. The molecule has 1 nitrogen and oxygen atoms in total. The first kappa shape index (κ1) is 12.0. The minimum Gasteiger partial charge on any atom is -0.198 e. The van der Waals surface area contributed by atoms with Crippen LogP contribution in [0.25, 0.3) is 0 Å². The van der Waals surface area contributed by atoms with E-state index in [0.717, 1.165) is 6.42 Å². The van der Waals surface area contributed by atoms with Gasteiger partial charge in [0.15, 0.2) is 0 Å². The topological polar surface area (TPSA) is 23.8 Å². The Labute approximate surface area is 81.4 Å². The van der Waals surface area contributed by atoms with E-state index >= 15 is 0 Å². The van der Waals surface area contributed by atoms with E-state index in [-0.39, 0.29) is 0 Å². The highest BCUT2D eigenvalue weighted by Crippen LogP contribution is 2.18. The van der Waals surface area contributed by atoms with Crippen molar-refractivity contribution in [3.05, 3.63) is 0 Å². The molecule has 0 heterocycles. The van der Waals surface area contributed by atoms with Gasteiger partial charge in [0.05, 0.1) is 6.07 Å². The third-order valence-corrected chi connectivity index (χ3v) is 3.92. The lowest BCUT2D eigenvalue weighted by atomic mass is 10.2. The second kappa shape index (κ2) is 6.51. The molecular formula is C9H18ClNSi. The van der Waals surface area contributed by atoms with E-state index in [1.165, 1.54) is 25.3 Å². The largest absolute Gasteiger partial charge is 0.198 e. The van der Waals surface area contributed by atoms with Gasteiger partial charge in [-0.25, -0.2) is 0 Å². The maximum Gasteiger partial charge on any atom is 0.150 e. The summed E-state index contributed by atoms with van der Waals surface area (Å²) in [5, 5.41) is 8.29. The van der Waals surface area contributed by atoms with E-state index in [4.69, 9.17) is 16.3 Å². The molecule has 0 amide bonds. The number of halogens is 1. The highest BCUT2D eigenvalue weighted by atomic mass is 35.6. The smallest absolute Gasteiger partial charge is 0.150 e. The number of nitriles is 1. The Morgan fingerprint density at radius 3 is 2.25 bits per heavy atom. The first-order valence-electron chi connectivity index (χ1n) is 4.62. The summed E-state index contributed by atoms with van der Waals surface area (Å²) >= 11 is 6.16. The summed E-state index contributed by atoms with van der Waals surface area (Å²) in [7, 11) is -1.32. The van der Waals surface area contributed by atoms with E-state index in [9.17, 15) is 0 Å². The summed E-state index contributed by atoms with van der Waals surface area (Å²) in [4.78, 5) is 0. The van der Waals surface area contributed by atoms with Crippen LogP contribution in [0.1, 0.15) is 32.1 Å². The average molecular weight is 204 g/mol. The van der Waals surface area contributed by atoms with E-state index in [0.29, 0.717) is 6.42 Å². The molecule has 0 saturated heterocycles. The molecular weight excluding hydrogens is 186 g/mol. The Balaban J connectivity index is 3.07. The predicted octanol–water partition coefficient (Wildman–Crippen LogP) is 3.90. The second-order valence-electron chi connectivity index (χ2n) is 3.79. The first-order chi connectivity index (χ1) is 5.56. The van der Waals surface area contributed by atoms with E-state index in [1.54, 1.807) is 0 Å². The van der Waals surface area contributed by atoms with E-state index in [1.807, 2.05) is 0 Å². The fourth-order valence-electron chi connectivity index (χ4n) is 1.10. The van der Waals surface area contributed by atoms with Gasteiger partial charge in [-0.1, -0.05) is 32.4 Å². The Morgan fingerprint density at radius 1 is 1.17 bits per heavy atom. The molecule has 70 valence electrons. The third kappa shape index (κ3) is 10.00. The van der Waals surface area contributed by atoms with Gasteiger partial charge in [0.1, 0.15) is 7.38 Å². The highest BCUT2D eigenvalue weighted by Gasteiger charge is 2.15. The summed E-state index contributed by atoms with van der Waals surface area (Å²) in [6.07, 6.45) is 5.44. The zero-order valence-electron chi connectivity index (χ0n) is 8.07. The van der Waals surface area contributed by atoms with Crippen molar-refractivity contribution in [2.75, 3.05) is 0 Å². The molecule has 0 rings (SSSR count). The van der Waals surface area contributed by atoms with E-state index in [2.05, 4.69) is 19.2 Å². The lowest BCUT2D eigenvalue weighted by Crippen LogP contribution is -2.14. The minimum absolute atomic E-state index is 0.710. The van der Waals surface area contributed by atoms with Gasteiger partial charge >= 0.3 is 0 Å². The molecule has 0 spiro atoms. The number of rotatable bonds is 6. The zero-order chi connectivity index (χ0) is 9.45. The van der Waals surface area contributed by atoms with Gasteiger partial charge in [-0.05, 0) is 12.5 Å². The van der Waals surface area contributed by atoms with Crippen LogP contribution in [0.2, 0.25) is 19.1 Å². The van der Waals surface area contributed by atoms with Crippen molar-refractivity contribution in [3.8, 4) is 6.07 Å². The maximum atomic E-state index is 8.29. The molecule has 0 radical (unpaired) electrons.